The highest BCUT2D eigenvalue weighted by atomic mass is 19.3. The molecule has 0 N–H and O–H groups in total. The van der Waals surface area contributed by atoms with Gasteiger partial charge in [0.1, 0.15) is 18.4 Å². The van der Waals surface area contributed by atoms with E-state index in [2.05, 4.69) is 9.97 Å². The van der Waals surface area contributed by atoms with Gasteiger partial charge in [0, 0.05) is 18.5 Å². The van der Waals surface area contributed by atoms with Crippen molar-refractivity contribution >= 4 is 0 Å². The average molecular weight is 250 g/mol. The molecule has 0 bridgehead atoms. The molecule has 2 aromatic rings. The number of ether oxygens (including phenoxy) is 1. The first-order valence-corrected chi connectivity index (χ1v) is 5.00. The highest BCUT2D eigenvalue weighted by molar-refractivity contribution is 5.24. The van der Waals surface area contributed by atoms with Crippen LogP contribution < -0.4 is 4.74 Å². The average Bonchev–Trinajstić information content (AvgIpc) is 2.85. The summed E-state index contributed by atoms with van der Waals surface area (Å²) in [4.78, 5) is 7.62. The van der Waals surface area contributed by atoms with Crippen LogP contribution in [-0.2, 0) is 6.61 Å². The summed E-state index contributed by atoms with van der Waals surface area (Å²) in [6.07, 6.45) is 2.44. The molecule has 0 aliphatic heterocycles. The monoisotopic (exact) mass is 250 g/mol. The predicted octanol–water partition coefficient (Wildman–Crippen LogP) is 2.12. The molecule has 92 valence electrons. The van der Waals surface area contributed by atoms with Gasteiger partial charge in [-0.15, -0.1) is 0 Å². The van der Waals surface area contributed by atoms with Gasteiger partial charge < -0.3 is 4.74 Å². The number of imidazole rings is 1. The van der Waals surface area contributed by atoms with Crippen LogP contribution in [0.25, 0.3) is 0 Å². The van der Waals surface area contributed by atoms with Crippen LogP contribution in [0.3, 0.4) is 0 Å². The Labute approximate surface area is 101 Å². The Morgan fingerprint density at radius 1 is 1.44 bits per heavy atom. The SMILES string of the molecule is N#Cc1cccc(OCc2nccn2C(F)F)n1. The highest BCUT2D eigenvalue weighted by Gasteiger charge is 2.11. The van der Waals surface area contributed by atoms with Gasteiger partial charge in [-0.2, -0.15) is 14.0 Å². The van der Waals surface area contributed by atoms with Gasteiger partial charge in [0.05, 0.1) is 0 Å². The van der Waals surface area contributed by atoms with E-state index in [1.54, 1.807) is 6.07 Å². The second-order valence-corrected chi connectivity index (χ2v) is 3.29. The van der Waals surface area contributed by atoms with Crippen LogP contribution in [-0.4, -0.2) is 14.5 Å². The van der Waals surface area contributed by atoms with Gasteiger partial charge in [-0.25, -0.2) is 9.97 Å². The van der Waals surface area contributed by atoms with E-state index in [1.807, 2.05) is 6.07 Å². The number of nitrogens with zero attached hydrogens (tertiary/aromatic N) is 4. The second-order valence-electron chi connectivity index (χ2n) is 3.29. The van der Waals surface area contributed by atoms with Crippen LogP contribution in [0.2, 0.25) is 0 Å². The maximum absolute atomic E-state index is 12.5. The summed E-state index contributed by atoms with van der Waals surface area (Å²) in [6.45, 7) is -2.80. The molecule has 2 aromatic heterocycles. The van der Waals surface area contributed by atoms with Crippen LogP contribution in [0, 0.1) is 11.3 Å². The van der Waals surface area contributed by atoms with Crippen molar-refractivity contribution in [3.63, 3.8) is 0 Å². The molecule has 0 unspecified atom stereocenters. The van der Waals surface area contributed by atoms with Crippen LogP contribution in [0.1, 0.15) is 18.1 Å². The van der Waals surface area contributed by atoms with Crippen molar-refractivity contribution in [3.05, 3.63) is 42.1 Å². The summed E-state index contributed by atoms with van der Waals surface area (Å²) in [7, 11) is 0. The van der Waals surface area contributed by atoms with Crippen molar-refractivity contribution < 1.29 is 13.5 Å². The number of alkyl halides is 2. The molecule has 0 radical (unpaired) electrons. The van der Waals surface area contributed by atoms with Crippen LogP contribution in [0.15, 0.2) is 30.6 Å². The molecule has 0 aromatic carbocycles. The first kappa shape index (κ1) is 12.0. The van der Waals surface area contributed by atoms with E-state index in [0.717, 1.165) is 0 Å². The molecule has 0 aliphatic rings. The lowest BCUT2D eigenvalue weighted by molar-refractivity contribution is 0.0630. The maximum atomic E-state index is 12.5. The van der Waals surface area contributed by atoms with Crippen molar-refractivity contribution in [3.8, 4) is 11.9 Å². The van der Waals surface area contributed by atoms with Gasteiger partial charge in [-0.1, -0.05) is 6.07 Å². The van der Waals surface area contributed by atoms with Gasteiger partial charge in [-0.05, 0) is 6.07 Å². The van der Waals surface area contributed by atoms with E-state index in [0.29, 0.717) is 4.57 Å². The third-order valence-electron chi connectivity index (χ3n) is 2.15. The second kappa shape index (κ2) is 5.23. The fourth-order valence-electron chi connectivity index (χ4n) is 1.33. The number of aromatic nitrogens is 3. The molecule has 18 heavy (non-hydrogen) atoms. The van der Waals surface area contributed by atoms with Gasteiger partial charge in [0.25, 0.3) is 0 Å². The summed E-state index contributed by atoms with van der Waals surface area (Å²) in [6, 6.07) is 6.51. The quantitative estimate of drug-likeness (QED) is 0.833. The summed E-state index contributed by atoms with van der Waals surface area (Å²) in [5.41, 5.74) is 0.199. The van der Waals surface area contributed by atoms with Gasteiger partial charge in [0.2, 0.25) is 5.88 Å². The number of hydrogen-bond donors (Lipinski definition) is 0. The zero-order valence-electron chi connectivity index (χ0n) is 9.12. The summed E-state index contributed by atoms with van der Waals surface area (Å²) < 4.78 is 30.9. The van der Waals surface area contributed by atoms with Gasteiger partial charge in [0.15, 0.2) is 5.82 Å². The fourth-order valence-corrected chi connectivity index (χ4v) is 1.33. The Morgan fingerprint density at radius 2 is 2.28 bits per heavy atom. The van der Waals surface area contributed by atoms with E-state index in [-0.39, 0.29) is 24.0 Å². The van der Waals surface area contributed by atoms with Gasteiger partial charge >= 0.3 is 6.55 Å². The Morgan fingerprint density at radius 3 is 3.00 bits per heavy atom. The van der Waals surface area contributed by atoms with Crippen LogP contribution in [0.5, 0.6) is 5.88 Å². The lowest BCUT2D eigenvalue weighted by atomic mass is 10.4. The molecule has 0 amide bonds. The van der Waals surface area contributed by atoms with E-state index < -0.39 is 6.55 Å². The molecule has 0 saturated carbocycles. The Hall–Kier alpha value is -2.49. The van der Waals surface area contributed by atoms with Crippen LogP contribution in [0.4, 0.5) is 8.78 Å². The molecule has 2 rings (SSSR count). The zero-order valence-corrected chi connectivity index (χ0v) is 9.12. The largest absolute Gasteiger partial charge is 0.469 e. The first-order chi connectivity index (χ1) is 8.70. The normalized spacial score (nSPS) is 10.3. The minimum Gasteiger partial charge on any atom is -0.469 e. The minimum absolute atomic E-state index is 0.0918. The summed E-state index contributed by atoms with van der Waals surface area (Å²) in [5.74, 6) is 0.284. The number of halogens is 2. The molecule has 0 saturated heterocycles. The molecule has 0 fully saturated rings. The third kappa shape index (κ3) is 2.60. The minimum atomic E-state index is -2.66. The van der Waals surface area contributed by atoms with E-state index in [9.17, 15) is 8.78 Å². The fraction of sp³-hybridized carbons (Fsp3) is 0.182. The lowest BCUT2D eigenvalue weighted by Gasteiger charge is -2.07. The Bertz CT molecular complexity index is 576. The first-order valence-electron chi connectivity index (χ1n) is 5.00. The molecule has 0 atom stereocenters. The van der Waals surface area contributed by atoms with Crippen molar-refractivity contribution in [1.29, 1.82) is 5.26 Å². The molecule has 2 heterocycles. The smallest absolute Gasteiger partial charge is 0.320 e. The predicted molar refractivity (Wildman–Crippen MR) is 56.8 cm³/mol. The van der Waals surface area contributed by atoms with Gasteiger partial charge in [-0.3, -0.25) is 4.57 Å². The molecular weight excluding hydrogens is 242 g/mol. The molecular formula is C11H8F2N4O. The number of nitriles is 1. The topological polar surface area (TPSA) is 63.7 Å². The highest BCUT2D eigenvalue weighted by Crippen LogP contribution is 2.14. The van der Waals surface area contributed by atoms with E-state index >= 15 is 0 Å². The van der Waals surface area contributed by atoms with Crippen molar-refractivity contribution in [1.82, 2.24) is 14.5 Å². The third-order valence-corrected chi connectivity index (χ3v) is 2.15. The maximum Gasteiger partial charge on any atom is 0.320 e. The van der Waals surface area contributed by atoms with Crippen molar-refractivity contribution in [2.24, 2.45) is 0 Å². The zero-order chi connectivity index (χ0) is 13.0. The van der Waals surface area contributed by atoms with Crippen molar-refractivity contribution in [2.45, 2.75) is 13.2 Å². The standard InChI is InChI=1S/C11H8F2N4O/c12-11(13)17-5-4-15-9(17)7-18-10-3-1-2-8(6-14)16-10/h1-5,11H,7H2. The van der Waals surface area contributed by atoms with Crippen molar-refractivity contribution in [2.75, 3.05) is 0 Å². The number of pyridine rings is 1. The molecule has 5 nitrogen and oxygen atoms in total. The summed E-state index contributed by atoms with van der Waals surface area (Å²) >= 11 is 0. The lowest BCUT2D eigenvalue weighted by Crippen LogP contribution is -2.07. The van der Waals surface area contributed by atoms with E-state index in [1.165, 1.54) is 24.5 Å². The number of rotatable bonds is 4. The van der Waals surface area contributed by atoms with Crippen LogP contribution >= 0.6 is 0 Å². The summed E-state index contributed by atoms with van der Waals surface area (Å²) in [5, 5.41) is 8.65. The number of hydrogen-bond acceptors (Lipinski definition) is 4. The molecule has 7 heteroatoms. The Balaban J connectivity index is 2.07. The van der Waals surface area contributed by atoms with E-state index in [4.69, 9.17) is 10.00 Å². The molecule has 0 aliphatic carbocycles. The molecule has 0 spiro atoms. The Kier molecular flexibility index (Phi) is 3.48.